The highest BCUT2D eigenvalue weighted by Crippen LogP contribution is 2.37. The molecular formula is C17H24FNO2. The molecule has 1 aliphatic rings. The van der Waals surface area contributed by atoms with E-state index in [2.05, 4.69) is 12.2 Å². The molecule has 1 aromatic rings. The van der Waals surface area contributed by atoms with Gasteiger partial charge in [0.1, 0.15) is 11.4 Å². The molecule has 0 bridgehead atoms. The highest BCUT2D eigenvalue weighted by molar-refractivity contribution is 5.84. The minimum absolute atomic E-state index is 0.261. The normalized spacial score (nSPS) is 25.4. The zero-order chi connectivity index (χ0) is 15.3. The molecule has 0 atom stereocenters. The van der Waals surface area contributed by atoms with Gasteiger partial charge in [-0.3, -0.25) is 0 Å². The molecule has 4 heteroatoms. The van der Waals surface area contributed by atoms with Crippen molar-refractivity contribution in [1.82, 2.24) is 0 Å². The van der Waals surface area contributed by atoms with Crippen molar-refractivity contribution in [3.05, 3.63) is 30.1 Å². The summed E-state index contributed by atoms with van der Waals surface area (Å²) in [6, 6.07) is 6.48. The van der Waals surface area contributed by atoms with Crippen LogP contribution >= 0.6 is 0 Å². The maximum Gasteiger partial charge on any atom is 0.331 e. The van der Waals surface area contributed by atoms with Crippen LogP contribution < -0.4 is 5.32 Å². The summed E-state index contributed by atoms with van der Waals surface area (Å²) in [5.41, 5.74) is -0.412. The summed E-state index contributed by atoms with van der Waals surface area (Å²) in [4.78, 5) is 12.4. The van der Waals surface area contributed by atoms with Gasteiger partial charge in [-0.05, 0) is 50.7 Å². The van der Waals surface area contributed by atoms with Crippen molar-refractivity contribution in [3.8, 4) is 0 Å². The number of benzene rings is 1. The second-order valence-electron chi connectivity index (χ2n) is 5.76. The molecule has 0 amide bonds. The average Bonchev–Trinajstić information content (AvgIpc) is 2.50. The number of nitrogens with one attached hydrogen (secondary N) is 1. The van der Waals surface area contributed by atoms with Gasteiger partial charge in [-0.2, -0.15) is 0 Å². The van der Waals surface area contributed by atoms with Gasteiger partial charge in [-0.25, -0.2) is 9.18 Å². The third-order valence-corrected chi connectivity index (χ3v) is 4.45. The van der Waals surface area contributed by atoms with Crippen LogP contribution in [0.5, 0.6) is 0 Å². The number of hydrogen-bond donors (Lipinski definition) is 1. The molecule has 1 N–H and O–H groups in total. The first-order valence-electron chi connectivity index (χ1n) is 7.81. The molecule has 21 heavy (non-hydrogen) atoms. The molecule has 0 aliphatic heterocycles. The number of anilines is 1. The Kier molecular flexibility index (Phi) is 5.21. The van der Waals surface area contributed by atoms with E-state index in [0.29, 0.717) is 31.1 Å². The van der Waals surface area contributed by atoms with Gasteiger partial charge >= 0.3 is 5.97 Å². The summed E-state index contributed by atoms with van der Waals surface area (Å²) in [6.07, 6.45) is 4.45. The van der Waals surface area contributed by atoms with E-state index in [1.54, 1.807) is 25.1 Å². The highest BCUT2D eigenvalue weighted by Gasteiger charge is 2.43. The van der Waals surface area contributed by atoms with E-state index >= 15 is 0 Å². The van der Waals surface area contributed by atoms with Crippen LogP contribution in [0.4, 0.5) is 10.1 Å². The van der Waals surface area contributed by atoms with Gasteiger partial charge in [0.15, 0.2) is 0 Å². The van der Waals surface area contributed by atoms with Gasteiger partial charge in [0, 0.05) is 0 Å². The second-order valence-corrected chi connectivity index (χ2v) is 5.76. The van der Waals surface area contributed by atoms with E-state index in [1.165, 1.54) is 6.07 Å². The van der Waals surface area contributed by atoms with Crippen molar-refractivity contribution in [3.63, 3.8) is 0 Å². The fourth-order valence-corrected chi connectivity index (χ4v) is 3.05. The van der Waals surface area contributed by atoms with Gasteiger partial charge < -0.3 is 10.1 Å². The smallest absolute Gasteiger partial charge is 0.331 e. The van der Waals surface area contributed by atoms with E-state index in [-0.39, 0.29) is 11.8 Å². The summed E-state index contributed by atoms with van der Waals surface area (Å²) >= 11 is 0. The molecule has 116 valence electrons. The van der Waals surface area contributed by atoms with Crippen molar-refractivity contribution in [2.75, 3.05) is 11.9 Å². The Morgan fingerprint density at radius 1 is 1.33 bits per heavy atom. The predicted octanol–water partition coefficient (Wildman–Crippen LogP) is 4.14. The lowest BCUT2D eigenvalue weighted by Crippen LogP contribution is -2.50. The molecule has 0 unspecified atom stereocenters. The van der Waals surface area contributed by atoms with Crippen LogP contribution in [0, 0.1) is 11.7 Å². The van der Waals surface area contributed by atoms with E-state index < -0.39 is 5.54 Å². The lowest BCUT2D eigenvalue weighted by atomic mass is 9.75. The zero-order valence-corrected chi connectivity index (χ0v) is 12.8. The van der Waals surface area contributed by atoms with Gasteiger partial charge in [-0.15, -0.1) is 0 Å². The maximum atomic E-state index is 13.9. The number of halogens is 1. The first kappa shape index (κ1) is 15.8. The quantitative estimate of drug-likeness (QED) is 0.829. The molecule has 1 saturated carbocycles. The summed E-state index contributed by atoms with van der Waals surface area (Å²) < 4.78 is 19.1. The van der Waals surface area contributed by atoms with Crippen LogP contribution in [0.25, 0.3) is 0 Å². The molecule has 3 nitrogen and oxygen atoms in total. The number of rotatable bonds is 5. The van der Waals surface area contributed by atoms with Gasteiger partial charge in [0.05, 0.1) is 12.3 Å². The van der Waals surface area contributed by atoms with E-state index in [0.717, 1.165) is 19.3 Å². The van der Waals surface area contributed by atoms with Gasteiger partial charge in [0.2, 0.25) is 0 Å². The van der Waals surface area contributed by atoms with Crippen LogP contribution in [0.15, 0.2) is 24.3 Å². The monoisotopic (exact) mass is 293 g/mol. The largest absolute Gasteiger partial charge is 0.464 e. The average molecular weight is 293 g/mol. The summed E-state index contributed by atoms with van der Waals surface area (Å²) in [6.45, 7) is 4.31. The third kappa shape index (κ3) is 3.55. The summed E-state index contributed by atoms with van der Waals surface area (Å²) in [7, 11) is 0. The topological polar surface area (TPSA) is 38.3 Å². The minimum Gasteiger partial charge on any atom is -0.464 e. The van der Waals surface area contributed by atoms with Crippen LogP contribution in [-0.2, 0) is 9.53 Å². The first-order chi connectivity index (χ1) is 10.1. The van der Waals surface area contributed by atoms with Crippen molar-refractivity contribution >= 4 is 11.7 Å². The van der Waals surface area contributed by atoms with Crippen LogP contribution in [0.2, 0.25) is 0 Å². The Morgan fingerprint density at radius 3 is 2.57 bits per heavy atom. The lowest BCUT2D eigenvalue weighted by molar-refractivity contribution is -0.150. The second kappa shape index (κ2) is 6.92. The number of esters is 1. The summed E-state index contributed by atoms with van der Waals surface area (Å²) in [5, 5.41) is 3.14. The molecule has 0 radical (unpaired) electrons. The van der Waals surface area contributed by atoms with Crippen LogP contribution in [0.1, 0.15) is 46.0 Å². The van der Waals surface area contributed by atoms with E-state index in [9.17, 15) is 9.18 Å². The molecule has 0 aromatic heterocycles. The Hall–Kier alpha value is -1.58. The number of carbonyl (C=O) groups is 1. The van der Waals surface area contributed by atoms with Crippen LogP contribution in [-0.4, -0.2) is 18.1 Å². The number of carbonyl (C=O) groups excluding carboxylic acids is 1. The molecule has 0 saturated heterocycles. The zero-order valence-electron chi connectivity index (χ0n) is 12.8. The van der Waals surface area contributed by atoms with Gasteiger partial charge in [-0.1, -0.05) is 25.5 Å². The molecular weight excluding hydrogens is 269 g/mol. The standard InChI is InChI=1S/C17H24FNO2/c1-3-13-9-11-17(12-10-13,16(20)21-4-2)19-15-8-6-5-7-14(15)18/h5-8,13,19H,3-4,9-12H2,1-2H3. The van der Waals surface area contributed by atoms with E-state index in [4.69, 9.17) is 4.74 Å². The maximum absolute atomic E-state index is 13.9. The number of ether oxygens (including phenoxy) is 1. The van der Waals surface area contributed by atoms with Gasteiger partial charge in [0.25, 0.3) is 0 Å². The van der Waals surface area contributed by atoms with Crippen molar-refractivity contribution in [2.45, 2.75) is 51.5 Å². The lowest BCUT2D eigenvalue weighted by Gasteiger charge is -2.39. The third-order valence-electron chi connectivity index (χ3n) is 4.45. The Balaban J connectivity index is 2.21. The highest BCUT2D eigenvalue weighted by atomic mass is 19.1. The minimum atomic E-state index is -0.788. The molecule has 1 aromatic carbocycles. The Bertz CT molecular complexity index is 481. The van der Waals surface area contributed by atoms with E-state index in [1.807, 2.05) is 0 Å². The molecule has 2 rings (SSSR count). The predicted molar refractivity (Wildman–Crippen MR) is 81.6 cm³/mol. The molecule has 1 fully saturated rings. The Labute approximate surface area is 125 Å². The van der Waals surface area contributed by atoms with Crippen molar-refractivity contribution in [1.29, 1.82) is 0 Å². The fraction of sp³-hybridized carbons (Fsp3) is 0.588. The SMILES string of the molecule is CCOC(=O)C1(Nc2ccccc2F)CCC(CC)CC1. The first-order valence-corrected chi connectivity index (χ1v) is 7.81. The molecule has 0 spiro atoms. The van der Waals surface area contributed by atoms with Crippen LogP contribution in [0.3, 0.4) is 0 Å². The Morgan fingerprint density at radius 2 is 2.00 bits per heavy atom. The number of para-hydroxylation sites is 1. The summed E-state index contributed by atoms with van der Waals surface area (Å²) in [5.74, 6) is 0.0524. The number of hydrogen-bond acceptors (Lipinski definition) is 3. The van der Waals surface area contributed by atoms with Crippen molar-refractivity contribution < 1.29 is 13.9 Å². The molecule has 0 heterocycles. The van der Waals surface area contributed by atoms with Crippen molar-refractivity contribution in [2.24, 2.45) is 5.92 Å². The fourth-order valence-electron chi connectivity index (χ4n) is 3.05. The molecule has 1 aliphatic carbocycles.